The fraction of sp³-hybridized carbons (Fsp3) is 0.480. The van der Waals surface area contributed by atoms with Gasteiger partial charge in [0.05, 0.1) is 0 Å². The Morgan fingerprint density at radius 1 is 1.21 bits per heavy atom. The number of hydrogen-bond acceptors (Lipinski definition) is 6. The highest BCUT2D eigenvalue weighted by Gasteiger charge is 2.47. The van der Waals surface area contributed by atoms with Crippen LogP contribution in [0.1, 0.15) is 54.9 Å². The number of likely N-dealkylation sites (N-methyl/N-ethyl adjacent to an activating group) is 2. The van der Waals surface area contributed by atoms with Crippen molar-refractivity contribution in [3.05, 3.63) is 35.4 Å². The molecule has 0 aliphatic carbocycles. The van der Waals surface area contributed by atoms with Crippen LogP contribution in [-0.4, -0.2) is 66.9 Å². The summed E-state index contributed by atoms with van der Waals surface area (Å²) in [7, 11) is 2.77. The Balaban J connectivity index is 2.11. The van der Waals surface area contributed by atoms with Gasteiger partial charge in [0.1, 0.15) is 0 Å². The Morgan fingerprint density at radius 2 is 1.94 bits per heavy atom. The standard InChI is InChI=1S/C25H31N3O6/c1-25(23(31)26-2,24(32)27-34-21-12-8-10-18-33-21)28(3)22(30)20-15-13-19(14-16-20)11-7-5-4-6-9-17-29/h13-16,21,29H,6,8-10,12,17-18H2,1-3H3,(H,26,31)(H,27,32)/t21?,25-/m0/s1. The summed E-state index contributed by atoms with van der Waals surface area (Å²) in [6, 6.07) is 6.45. The summed E-state index contributed by atoms with van der Waals surface area (Å²) in [6.07, 6.45) is 3.02. The molecule has 2 rings (SSSR count). The summed E-state index contributed by atoms with van der Waals surface area (Å²) in [6.45, 7) is 1.97. The zero-order valence-corrected chi connectivity index (χ0v) is 19.8. The molecule has 1 aromatic carbocycles. The summed E-state index contributed by atoms with van der Waals surface area (Å²) in [4.78, 5) is 45.1. The van der Waals surface area contributed by atoms with Gasteiger partial charge in [0.25, 0.3) is 17.7 Å². The van der Waals surface area contributed by atoms with Crippen molar-refractivity contribution < 1.29 is 29.1 Å². The Hall–Kier alpha value is -3.37. The zero-order chi connectivity index (χ0) is 25.0. The maximum atomic E-state index is 13.1. The van der Waals surface area contributed by atoms with E-state index in [1.807, 2.05) is 0 Å². The summed E-state index contributed by atoms with van der Waals surface area (Å²) in [5.41, 5.74) is 1.35. The van der Waals surface area contributed by atoms with Crippen molar-refractivity contribution in [2.24, 2.45) is 0 Å². The maximum absolute atomic E-state index is 13.1. The molecular formula is C25H31N3O6. The number of amides is 3. The highest BCUT2D eigenvalue weighted by Crippen LogP contribution is 2.19. The van der Waals surface area contributed by atoms with Crippen LogP contribution in [0, 0.1) is 23.7 Å². The number of carbonyl (C=O) groups is 3. The first kappa shape index (κ1) is 26.9. The number of rotatable bonds is 8. The monoisotopic (exact) mass is 469 g/mol. The summed E-state index contributed by atoms with van der Waals surface area (Å²) >= 11 is 0. The van der Waals surface area contributed by atoms with E-state index in [1.54, 1.807) is 24.3 Å². The molecule has 1 saturated heterocycles. The summed E-state index contributed by atoms with van der Waals surface area (Å²) in [5, 5.41) is 11.2. The average Bonchev–Trinajstić information content (AvgIpc) is 2.88. The molecule has 1 heterocycles. The second-order valence-electron chi connectivity index (χ2n) is 7.82. The van der Waals surface area contributed by atoms with Crippen molar-refractivity contribution in [3.8, 4) is 23.7 Å². The van der Waals surface area contributed by atoms with Crippen LogP contribution in [0.3, 0.4) is 0 Å². The minimum atomic E-state index is -1.87. The number of nitrogens with one attached hydrogen (secondary N) is 2. The first-order chi connectivity index (χ1) is 16.3. The van der Waals surface area contributed by atoms with Gasteiger partial charge in [-0.3, -0.25) is 14.4 Å². The number of aliphatic hydroxyl groups excluding tert-OH is 1. The van der Waals surface area contributed by atoms with Crippen molar-refractivity contribution in [1.82, 2.24) is 15.7 Å². The highest BCUT2D eigenvalue weighted by molar-refractivity contribution is 6.12. The molecule has 9 heteroatoms. The number of benzene rings is 1. The van der Waals surface area contributed by atoms with Crippen LogP contribution in [-0.2, 0) is 19.2 Å². The minimum Gasteiger partial charge on any atom is -0.396 e. The molecule has 1 unspecified atom stereocenters. The quantitative estimate of drug-likeness (QED) is 0.226. The van der Waals surface area contributed by atoms with E-state index < -0.39 is 29.6 Å². The van der Waals surface area contributed by atoms with E-state index in [0.29, 0.717) is 31.4 Å². The lowest BCUT2D eigenvalue weighted by molar-refractivity contribution is -0.204. The molecule has 0 spiro atoms. The maximum Gasteiger partial charge on any atom is 0.279 e. The zero-order valence-electron chi connectivity index (χ0n) is 19.8. The molecule has 0 saturated carbocycles. The van der Waals surface area contributed by atoms with Crippen LogP contribution >= 0.6 is 0 Å². The first-order valence-corrected chi connectivity index (χ1v) is 11.1. The third-order valence-corrected chi connectivity index (χ3v) is 5.46. The van der Waals surface area contributed by atoms with Crippen molar-refractivity contribution in [1.29, 1.82) is 0 Å². The molecule has 1 aliphatic rings. The van der Waals surface area contributed by atoms with Crippen molar-refractivity contribution in [2.75, 3.05) is 27.3 Å². The normalized spacial score (nSPS) is 16.5. The molecule has 34 heavy (non-hydrogen) atoms. The summed E-state index contributed by atoms with van der Waals surface area (Å²) in [5.74, 6) is 9.14. The molecule has 2 atom stereocenters. The van der Waals surface area contributed by atoms with Crippen LogP contribution in [0.25, 0.3) is 0 Å². The minimum absolute atomic E-state index is 0.0919. The van der Waals surface area contributed by atoms with Crippen molar-refractivity contribution in [3.63, 3.8) is 0 Å². The third kappa shape index (κ3) is 7.06. The van der Waals surface area contributed by atoms with Crippen molar-refractivity contribution >= 4 is 17.7 Å². The van der Waals surface area contributed by atoms with Gasteiger partial charge in [-0.05, 0) is 62.3 Å². The second kappa shape index (κ2) is 13.4. The van der Waals surface area contributed by atoms with Crippen LogP contribution in [0.2, 0.25) is 0 Å². The van der Waals surface area contributed by atoms with Gasteiger partial charge in [-0.1, -0.05) is 11.8 Å². The number of carbonyl (C=O) groups excluding carboxylic acids is 3. The number of unbranched alkanes of at least 4 members (excludes halogenated alkanes) is 1. The van der Waals surface area contributed by atoms with Crippen molar-refractivity contribution in [2.45, 2.75) is 50.9 Å². The fourth-order valence-corrected chi connectivity index (χ4v) is 3.14. The number of ether oxygens (including phenoxy) is 1. The Bertz CT molecular complexity index is 980. The van der Waals surface area contributed by atoms with E-state index in [9.17, 15) is 14.4 Å². The van der Waals surface area contributed by atoms with Crippen LogP contribution < -0.4 is 10.8 Å². The van der Waals surface area contributed by atoms with E-state index >= 15 is 0 Å². The Labute approximate surface area is 200 Å². The van der Waals surface area contributed by atoms with E-state index in [2.05, 4.69) is 34.5 Å². The highest BCUT2D eigenvalue weighted by atomic mass is 16.8. The molecule has 3 N–H and O–H groups in total. The lowest BCUT2D eigenvalue weighted by atomic mass is 9.96. The Kier molecular flexibility index (Phi) is 10.6. The lowest BCUT2D eigenvalue weighted by Crippen LogP contribution is -2.65. The molecule has 0 radical (unpaired) electrons. The first-order valence-electron chi connectivity index (χ1n) is 11.1. The molecule has 9 nitrogen and oxygen atoms in total. The number of hydroxylamine groups is 1. The van der Waals surface area contributed by atoms with E-state index in [-0.39, 0.29) is 12.2 Å². The predicted molar refractivity (Wildman–Crippen MR) is 125 cm³/mol. The second-order valence-corrected chi connectivity index (χ2v) is 7.82. The molecular weight excluding hydrogens is 438 g/mol. The number of aliphatic hydroxyl groups is 1. The molecule has 1 aromatic rings. The van der Waals surface area contributed by atoms with E-state index in [4.69, 9.17) is 14.7 Å². The molecule has 0 aromatic heterocycles. The van der Waals surface area contributed by atoms with Gasteiger partial charge in [-0.15, -0.1) is 0 Å². The van der Waals surface area contributed by atoms with Gasteiger partial charge < -0.3 is 20.1 Å². The lowest BCUT2D eigenvalue weighted by Gasteiger charge is -2.36. The van der Waals surface area contributed by atoms with E-state index in [0.717, 1.165) is 17.7 Å². The van der Waals surface area contributed by atoms with Gasteiger partial charge in [0, 0.05) is 51.3 Å². The average molecular weight is 470 g/mol. The number of nitrogens with zero attached hydrogens (tertiary/aromatic N) is 1. The predicted octanol–water partition coefficient (Wildman–Crippen LogP) is 0.965. The third-order valence-electron chi connectivity index (χ3n) is 5.46. The van der Waals surface area contributed by atoms with Crippen LogP contribution in [0.15, 0.2) is 24.3 Å². The van der Waals surface area contributed by atoms with Gasteiger partial charge in [0.2, 0.25) is 0 Å². The molecule has 1 aliphatic heterocycles. The number of hydrogen-bond donors (Lipinski definition) is 3. The smallest absolute Gasteiger partial charge is 0.279 e. The summed E-state index contributed by atoms with van der Waals surface area (Å²) < 4.78 is 5.42. The van der Waals surface area contributed by atoms with Gasteiger partial charge in [-0.25, -0.2) is 10.3 Å². The van der Waals surface area contributed by atoms with E-state index in [1.165, 1.54) is 21.0 Å². The Morgan fingerprint density at radius 3 is 2.56 bits per heavy atom. The van der Waals surface area contributed by atoms with Gasteiger partial charge in [0.15, 0.2) is 11.8 Å². The topological polar surface area (TPSA) is 117 Å². The molecule has 0 bridgehead atoms. The van der Waals surface area contributed by atoms with Gasteiger partial charge in [-0.2, -0.15) is 0 Å². The molecule has 1 fully saturated rings. The van der Waals surface area contributed by atoms with Crippen LogP contribution in [0.4, 0.5) is 0 Å². The SMILES string of the molecule is CNC(=O)[C@@](C)(C(=O)NOC1CCCCO1)N(C)C(=O)c1ccc(C#CC#CCCCO)cc1. The molecule has 3 amide bonds. The molecule has 182 valence electrons. The fourth-order valence-electron chi connectivity index (χ4n) is 3.14. The largest absolute Gasteiger partial charge is 0.396 e. The van der Waals surface area contributed by atoms with Crippen LogP contribution in [0.5, 0.6) is 0 Å². The van der Waals surface area contributed by atoms with Gasteiger partial charge >= 0.3 is 0 Å².